The Hall–Kier alpha value is -1.40. The fraction of sp³-hybridized carbons (Fsp3) is 0.733. The van der Waals surface area contributed by atoms with Crippen molar-refractivity contribution in [2.45, 2.75) is 25.8 Å². The summed E-state index contributed by atoms with van der Waals surface area (Å²) in [6.07, 6.45) is 3.85. The molecule has 6 nitrogen and oxygen atoms in total. The summed E-state index contributed by atoms with van der Waals surface area (Å²) >= 11 is 0. The van der Waals surface area contributed by atoms with Crippen LogP contribution in [0.3, 0.4) is 0 Å². The Kier molecular flexibility index (Phi) is 4.55. The molecule has 2 fully saturated rings. The number of rotatable bonds is 4. The number of hydrogen-bond donors (Lipinski definition) is 3. The Morgan fingerprint density at radius 3 is 3.10 bits per heavy atom. The molecule has 2 saturated heterocycles. The van der Waals surface area contributed by atoms with Crippen molar-refractivity contribution >= 4 is 11.6 Å². The first-order valence-electron chi connectivity index (χ1n) is 7.91. The van der Waals surface area contributed by atoms with E-state index in [1.54, 1.807) is 6.33 Å². The molecular formula is C15H25N5O. The van der Waals surface area contributed by atoms with E-state index in [0.717, 1.165) is 50.7 Å². The number of aliphatic hydroxyl groups is 1. The van der Waals surface area contributed by atoms with Gasteiger partial charge in [-0.2, -0.15) is 0 Å². The molecule has 0 aliphatic carbocycles. The van der Waals surface area contributed by atoms with Crippen molar-refractivity contribution in [3.8, 4) is 0 Å². The maximum Gasteiger partial charge on any atom is 0.134 e. The Morgan fingerprint density at radius 1 is 1.43 bits per heavy atom. The first-order valence-corrected chi connectivity index (χ1v) is 7.91. The van der Waals surface area contributed by atoms with E-state index in [4.69, 9.17) is 0 Å². The number of hydrogen-bond acceptors (Lipinski definition) is 6. The maximum atomic E-state index is 9.35. The largest absolute Gasteiger partial charge is 0.396 e. The molecule has 0 radical (unpaired) electrons. The summed E-state index contributed by atoms with van der Waals surface area (Å²) in [5, 5.41) is 16.2. The number of anilines is 2. The minimum Gasteiger partial charge on any atom is -0.396 e. The van der Waals surface area contributed by atoms with Gasteiger partial charge in [-0.25, -0.2) is 9.97 Å². The van der Waals surface area contributed by atoms with Gasteiger partial charge in [-0.05, 0) is 31.2 Å². The molecular weight excluding hydrogens is 266 g/mol. The third kappa shape index (κ3) is 3.44. The minimum absolute atomic E-state index is 0.262. The van der Waals surface area contributed by atoms with Crippen LogP contribution in [-0.2, 0) is 0 Å². The van der Waals surface area contributed by atoms with Crippen molar-refractivity contribution in [2.24, 2.45) is 11.8 Å². The molecule has 3 N–H and O–H groups in total. The zero-order valence-corrected chi connectivity index (χ0v) is 12.6. The first-order chi connectivity index (χ1) is 10.3. The van der Waals surface area contributed by atoms with Crippen LogP contribution in [0.15, 0.2) is 12.4 Å². The molecule has 0 amide bonds. The van der Waals surface area contributed by atoms with Gasteiger partial charge in [0, 0.05) is 38.3 Å². The van der Waals surface area contributed by atoms with Crippen molar-refractivity contribution in [1.29, 1.82) is 0 Å². The van der Waals surface area contributed by atoms with Crippen molar-refractivity contribution in [1.82, 2.24) is 15.3 Å². The van der Waals surface area contributed by atoms with E-state index >= 15 is 0 Å². The van der Waals surface area contributed by atoms with Gasteiger partial charge in [-0.3, -0.25) is 0 Å². The molecule has 2 aliphatic heterocycles. The smallest absolute Gasteiger partial charge is 0.134 e. The van der Waals surface area contributed by atoms with Crippen LogP contribution in [0.2, 0.25) is 0 Å². The average molecular weight is 291 g/mol. The van der Waals surface area contributed by atoms with Gasteiger partial charge in [-0.15, -0.1) is 0 Å². The Balaban J connectivity index is 1.67. The topological polar surface area (TPSA) is 73.3 Å². The molecule has 1 aromatic heterocycles. The number of aliphatic hydroxyl groups excluding tert-OH is 1. The van der Waals surface area contributed by atoms with Gasteiger partial charge in [0.15, 0.2) is 0 Å². The van der Waals surface area contributed by atoms with Crippen LogP contribution in [0.25, 0.3) is 0 Å². The van der Waals surface area contributed by atoms with Gasteiger partial charge in [-0.1, -0.05) is 6.92 Å². The second-order valence-corrected chi connectivity index (χ2v) is 6.28. The second-order valence-electron chi connectivity index (χ2n) is 6.28. The third-order valence-corrected chi connectivity index (χ3v) is 4.60. The highest BCUT2D eigenvalue weighted by Crippen LogP contribution is 2.23. The summed E-state index contributed by atoms with van der Waals surface area (Å²) in [7, 11) is 0. The van der Waals surface area contributed by atoms with Crippen molar-refractivity contribution in [2.75, 3.05) is 43.0 Å². The first kappa shape index (κ1) is 14.5. The van der Waals surface area contributed by atoms with Crippen LogP contribution in [0.4, 0.5) is 11.6 Å². The zero-order chi connectivity index (χ0) is 14.7. The molecule has 116 valence electrons. The molecule has 2 aliphatic rings. The normalized spacial score (nSPS) is 29.6. The second kappa shape index (κ2) is 6.58. The molecule has 0 spiro atoms. The van der Waals surface area contributed by atoms with E-state index in [-0.39, 0.29) is 6.61 Å². The molecule has 3 atom stereocenters. The lowest BCUT2D eigenvalue weighted by molar-refractivity contribution is 0.208. The number of nitrogens with one attached hydrogen (secondary N) is 2. The molecule has 1 unspecified atom stereocenters. The van der Waals surface area contributed by atoms with Gasteiger partial charge in [0.25, 0.3) is 0 Å². The summed E-state index contributed by atoms with van der Waals surface area (Å²) in [4.78, 5) is 11.0. The van der Waals surface area contributed by atoms with Crippen molar-refractivity contribution in [3.63, 3.8) is 0 Å². The van der Waals surface area contributed by atoms with Gasteiger partial charge >= 0.3 is 0 Å². The fourth-order valence-corrected chi connectivity index (χ4v) is 3.21. The highest BCUT2D eigenvalue weighted by atomic mass is 16.3. The lowest BCUT2D eigenvalue weighted by Crippen LogP contribution is -2.37. The van der Waals surface area contributed by atoms with Crippen LogP contribution in [0.5, 0.6) is 0 Å². The fourth-order valence-electron chi connectivity index (χ4n) is 3.21. The SMILES string of the molecule is C[C@H]1CNC[C@H]1Nc1cc(N2CCCC(CO)C2)ncn1. The van der Waals surface area contributed by atoms with E-state index in [1.807, 2.05) is 6.07 Å². The van der Waals surface area contributed by atoms with E-state index in [9.17, 15) is 5.11 Å². The predicted molar refractivity (Wildman–Crippen MR) is 83.5 cm³/mol. The molecule has 6 heteroatoms. The number of piperidine rings is 1. The average Bonchev–Trinajstić information content (AvgIpc) is 2.93. The third-order valence-electron chi connectivity index (χ3n) is 4.60. The summed E-state index contributed by atoms with van der Waals surface area (Å²) in [6.45, 7) is 6.44. The lowest BCUT2D eigenvalue weighted by Gasteiger charge is -2.32. The molecule has 0 saturated carbocycles. The van der Waals surface area contributed by atoms with Crippen molar-refractivity contribution < 1.29 is 5.11 Å². The standard InChI is InChI=1S/C15H25N5O/c1-11-6-16-7-13(11)19-14-5-15(18-10-17-14)20-4-2-3-12(8-20)9-21/h5,10-13,16,21H,2-4,6-9H2,1H3,(H,17,18,19)/t11-,12?,13+/m0/s1. The molecule has 0 aromatic carbocycles. The zero-order valence-electron chi connectivity index (χ0n) is 12.6. The Morgan fingerprint density at radius 2 is 2.33 bits per heavy atom. The van der Waals surface area contributed by atoms with Crippen molar-refractivity contribution in [3.05, 3.63) is 12.4 Å². The van der Waals surface area contributed by atoms with Crippen LogP contribution in [0, 0.1) is 11.8 Å². The Bertz CT molecular complexity index is 469. The van der Waals surface area contributed by atoms with Gasteiger partial charge in [0.1, 0.15) is 18.0 Å². The molecule has 3 heterocycles. The number of nitrogens with zero attached hydrogens (tertiary/aromatic N) is 3. The van der Waals surface area contributed by atoms with Gasteiger partial charge < -0.3 is 20.6 Å². The van der Waals surface area contributed by atoms with E-state index < -0.39 is 0 Å². The van der Waals surface area contributed by atoms with Crippen LogP contribution in [0.1, 0.15) is 19.8 Å². The lowest BCUT2D eigenvalue weighted by atomic mass is 9.99. The minimum atomic E-state index is 0.262. The summed E-state index contributed by atoms with van der Waals surface area (Å²) in [5.41, 5.74) is 0. The molecule has 21 heavy (non-hydrogen) atoms. The summed E-state index contributed by atoms with van der Waals surface area (Å²) in [6, 6.07) is 2.46. The quantitative estimate of drug-likeness (QED) is 0.758. The monoisotopic (exact) mass is 291 g/mol. The van der Waals surface area contributed by atoms with Crippen LogP contribution >= 0.6 is 0 Å². The van der Waals surface area contributed by atoms with E-state index in [0.29, 0.717) is 17.9 Å². The molecule has 3 rings (SSSR count). The summed E-state index contributed by atoms with van der Waals surface area (Å²) < 4.78 is 0. The van der Waals surface area contributed by atoms with Crippen LogP contribution < -0.4 is 15.5 Å². The summed E-state index contributed by atoms with van der Waals surface area (Å²) in [5.74, 6) is 2.83. The van der Waals surface area contributed by atoms with Gasteiger partial charge in [0.2, 0.25) is 0 Å². The predicted octanol–water partition coefficient (Wildman–Crippen LogP) is 0.705. The molecule has 0 bridgehead atoms. The Labute approximate surface area is 126 Å². The van der Waals surface area contributed by atoms with Gasteiger partial charge in [0.05, 0.1) is 0 Å². The highest BCUT2D eigenvalue weighted by Gasteiger charge is 2.24. The van der Waals surface area contributed by atoms with Crippen LogP contribution in [-0.4, -0.2) is 53.9 Å². The maximum absolute atomic E-state index is 9.35. The number of aromatic nitrogens is 2. The van der Waals surface area contributed by atoms with E-state index in [1.165, 1.54) is 0 Å². The highest BCUT2D eigenvalue weighted by molar-refractivity contribution is 5.49. The molecule has 1 aromatic rings. The van der Waals surface area contributed by atoms with E-state index in [2.05, 4.69) is 32.4 Å².